The van der Waals surface area contributed by atoms with Crippen molar-refractivity contribution in [3.63, 3.8) is 0 Å². The van der Waals surface area contributed by atoms with Crippen LogP contribution < -0.4 is 9.47 Å². The number of fused-ring (bicyclic) bond motifs is 4. The fourth-order valence-electron chi connectivity index (χ4n) is 4.13. The highest BCUT2D eigenvalue weighted by atomic mass is 35.5. The standard InChI is InChI=1S/C25H18ClN3O2/c1-15-2-8-21-19(10-15)25-20(13-29(21)12-16-3-6-18(26)7-4-16)24(27-28-25)17-5-9-22-23(11-17)31-14-30-22/h2-11,13H,12,14H2,1H3. The zero-order chi connectivity index (χ0) is 20.9. The Labute approximate surface area is 184 Å². The summed E-state index contributed by atoms with van der Waals surface area (Å²) in [7, 11) is 0. The Morgan fingerprint density at radius 3 is 2.58 bits per heavy atom. The van der Waals surface area contributed by atoms with E-state index in [0.29, 0.717) is 0 Å². The number of aryl methyl sites for hydroxylation is 1. The number of rotatable bonds is 3. The summed E-state index contributed by atoms with van der Waals surface area (Å²) in [6, 6.07) is 20.3. The van der Waals surface area contributed by atoms with Crippen molar-refractivity contribution in [3.8, 4) is 34.0 Å². The molecule has 0 saturated carbocycles. The normalized spacial score (nSPS) is 12.7. The fourth-order valence-corrected chi connectivity index (χ4v) is 4.26. The number of nitrogens with zero attached hydrogens (tertiary/aromatic N) is 3. The number of hydrogen-bond donors (Lipinski definition) is 0. The van der Waals surface area contributed by atoms with Gasteiger partial charge in [-0.2, -0.15) is 0 Å². The van der Waals surface area contributed by atoms with Gasteiger partial charge in [-0.3, -0.25) is 0 Å². The Kier molecular flexibility index (Phi) is 4.11. The van der Waals surface area contributed by atoms with E-state index in [0.717, 1.165) is 56.5 Å². The molecular formula is C25H18ClN3O2. The van der Waals surface area contributed by atoms with E-state index in [1.165, 1.54) is 11.1 Å². The van der Waals surface area contributed by atoms with Gasteiger partial charge in [-0.15, -0.1) is 10.2 Å². The van der Waals surface area contributed by atoms with Crippen molar-refractivity contribution in [1.82, 2.24) is 14.8 Å². The van der Waals surface area contributed by atoms with Gasteiger partial charge in [-0.05, 0) is 55.0 Å². The molecule has 0 unspecified atom stereocenters. The number of hydrogen-bond acceptors (Lipinski definition) is 4. The number of ether oxygens (including phenoxy) is 2. The van der Waals surface area contributed by atoms with Crippen LogP contribution in [0, 0.1) is 6.92 Å². The molecule has 3 aromatic carbocycles. The quantitative estimate of drug-likeness (QED) is 0.357. The van der Waals surface area contributed by atoms with Crippen LogP contribution in [-0.2, 0) is 6.54 Å². The summed E-state index contributed by atoms with van der Waals surface area (Å²) in [5.74, 6) is 1.49. The third-order valence-corrected chi connectivity index (χ3v) is 5.93. The highest BCUT2D eigenvalue weighted by molar-refractivity contribution is 6.30. The molecule has 5 nitrogen and oxygen atoms in total. The van der Waals surface area contributed by atoms with Crippen LogP contribution in [0.3, 0.4) is 0 Å². The molecule has 6 heteroatoms. The van der Waals surface area contributed by atoms with Gasteiger partial charge < -0.3 is 14.0 Å². The SMILES string of the molecule is Cc1ccc2c(c1)c1nnc(-c3ccc4c(c3)OCO4)c-1cn2Cc1ccc(Cl)cc1. The maximum atomic E-state index is 6.08. The summed E-state index contributed by atoms with van der Waals surface area (Å²) in [5.41, 5.74) is 7.17. The van der Waals surface area contributed by atoms with Crippen LogP contribution >= 0.6 is 11.6 Å². The molecule has 3 aliphatic rings. The molecule has 0 fully saturated rings. The van der Waals surface area contributed by atoms with Crippen LogP contribution in [-0.4, -0.2) is 21.6 Å². The minimum Gasteiger partial charge on any atom is -0.454 e. The van der Waals surface area contributed by atoms with E-state index in [-0.39, 0.29) is 6.79 Å². The maximum absolute atomic E-state index is 6.08. The van der Waals surface area contributed by atoms with E-state index >= 15 is 0 Å². The topological polar surface area (TPSA) is 49.2 Å². The predicted molar refractivity (Wildman–Crippen MR) is 121 cm³/mol. The first-order chi connectivity index (χ1) is 15.2. The largest absolute Gasteiger partial charge is 0.454 e. The average Bonchev–Trinajstić information content (AvgIpc) is 3.41. The Bertz CT molecular complexity index is 1410. The smallest absolute Gasteiger partial charge is 0.231 e. The molecule has 0 saturated heterocycles. The van der Waals surface area contributed by atoms with Gasteiger partial charge in [0.1, 0.15) is 11.4 Å². The molecule has 0 amide bonds. The monoisotopic (exact) mass is 427 g/mol. The van der Waals surface area contributed by atoms with E-state index in [1.807, 2.05) is 30.3 Å². The van der Waals surface area contributed by atoms with Crippen LogP contribution in [0.1, 0.15) is 11.1 Å². The fraction of sp³-hybridized carbons (Fsp3) is 0.120. The predicted octanol–water partition coefficient (Wildman–Crippen LogP) is 5.94. The molecular weight excluding hydrogens is 410 g/mol. The minimum absolute atomic E-state index is 0.247. The molecule has 0 radical (unpaired) electrons. The molecule has 0 atom stereocenters. The minimum atomic E-state index is 0.247. The molecule has 3 aliphatic heterocycles. The molecule has 0 aromatic heterocycles. The number of pyridine rings is 1. The van der Waals surface area contributed by atoms with Crippen molar-refractivity contribution in [2.45, 2.75) is 13.5 Å². The van der Waals surface area contributed by atoms with Crippen LogP contribution in [0.2, 0.25) is 5.02 Å². The van der Waals surface area contributed by atoms with E-state index in [1.54, 1.807) is 0 Å². The lowest BCUT2D eigenvalue weighted by Gasteiger charge is -2.16. The number of benzene rings is 3. The van der Waals surface area contributed by atoms with E-state index in [2.05, 4.69) is 58.2 Å². The van der Waals surface area contributed by atoms with Crippen molar-refractivity contribution < 1.29 is 9.47 Å². The second kappa shape index (κ2) is 7.00. The molecule has 6 rings (SSSR count). The lowest BCUT2D eigenvalue weighted by atomic mass is 10.00. The first kappa shape index (κ1) is 18.2. The van der Waals surface area contributed by atoms with Gasteiger partial charge >= 0.3 is 0 Å². The molecule has 31 heavy (non-hydrogen) atoms. The average molecular weight is 428 g/mol. The summed E-state index contributed by atoms with van der Waals surface area (Å²) < 4.78 is 13.3. The Morgan fingerprint density at radius 2 is 1.71 bits per heavy atom. The summed E-state index contributed by atoms with van der Waals surface area (Å²) in [4.78, 5) is 0. The van der Waals surface area contributed by atoms with Gasteiger partial charge in [0.05, 0.1) is 5.52 Å². The van der Waals surface area contributed by atoms with E-state index in [4.69, 9.17) is 21.1 Å². The first-order valence-corrected chi connectivity index (χ1v) is 10.4. The van der Waals surface area contributed by atoms with E-state index in [9.17, 15) is 0 Å². The zero-order valence-corrected chi connectivity index (χ0v) is 17.6. The molecule has 3 aromatic rings. The van der Waals surface area contributed by atoms with Crippen LogP contribution in [0.15, 0.2) is 66.9 Å². The Morgan fingerprint density at radius 1 is 0.903 bits per heavy atom. The number of halogens is 1. The van der Waals surface area contributed by atoms with Gasteiger partial charge in [-0.1, -0.05) is 35.4 Å². The lowest BCUT2D eigenvalue weighted by molar-refractivity contribution is 0.174. The zero-order valence-electron chi connectivity index (χ0n) is 16.8. The molecule has 0 bridgehead atoms. The van der Waals surface area contributed by atoms with Crippen molar-refractivity contribution in [1.29, 1.82) is 0 Å². The van der Waals surface area contributed by atoms with Crippen molar-refractivity contribution in [2.75, 3.05) is 6.79 Å². The van der Waals surface area contributed by atoms with Gasteiger partial charge in [0.2, 0.25) is 6.79 Å². The van der Waals surface area contributed by atoms with Gasteiger partial charge in [0.15, 0.2) is 11.5 Å². The summed E-state index contributed by atoms with van der Waals surface area (Å²) >= 11 is 6.08. The second-order valence-corrected chi connectivity index (χ2v) is 8.22. The summed E-state index contributed by atoms with van der Waals surface area (Å²) in [6.45, 7) is 3.06. The van der Waals surface area contributed by atoms with Crippen LogP contribution in [0.4, 0.5) is 0 Å². The molecule has 0 N–H and O–H groups in total. The molecule has 0 aliphatic carbocycles. The summed E-state index contributed by atoms with van der Waals surface area (Å²) in [5, 5.41) is 10.9. The third kappa shape index (κ3) is 3.09. The highest BCUT2D eigenvalue weighted by Crippen LogP contribution is 2.40. The second-order valence-electron chi connectivity index (χ2n) is 7.78. The van der Waals surface area contributed by atoms with E-state index < -0.39 is 0 Å². The number of aromatic nitrogens is 3. The van der Waals surface area contributed by atoms with Crippen molar-refractivity contribution in [3.05, 3.63) is 83.0 Å². The maximum Gasteiger partial charge on any atom is 0.231 e. The van der Waals surface area contributed by atoms with Gasteiger partial charge in [0.25, 0.3) is 0 Å². The van der Waals surface area contributed by atoms with Crippen LogP contribution in [0.5, 0.6) is 11.5 Å². The van der Waals surface area contributed by atoms with Crippen molar-refractivity contribution in [2.24, 2.45) is 0 Å². The van der Waals surface area contributed by atoms with Crippen molar-refractivity contribution >= 4 is 22.5 Å². The Balaban J connectivity index is 1.55. The molecule has 0 spiro atoms. The van der Waals surface area contributed by atoms with Gasteiger partial charge in [0, 0.05) is 34.3 Å². The van der Waals surface area contributed by atoms with Crippen LogP contribution in [0.25, 0.3) is 33.4 Å². The lowest BCUT2D eigenvalue weighted by Crippen LogP contribution is -2.04. The molecule has 152 valence electrons. The summed E-state index contributed by atoms with van der Waals surface area (Å²) in [6.07, 6.45) is 2.14. The highest BCUT2D eigenvalue weighted by Gasteiger charge is 2.22. The molecule has 3 heterocycles. The third-order valence-electron chi connectivity index (χ3n) is 5.67. The van der Waals surface area contributed by atoms with Gasteiger partial charge in [-0.25, -0.2) is 0 Å². The Hall–Kier alpha value is -3.57. The first-order valence-electron chi connectivity index (χ1n) is 10.1.